The number of benzene rings is 1. The molecule has 7 heteroatoms. The number of nitrogens with one attached hydrogen (secondary N) is 1. The number of hydrogen-bond acceptors (Lipinski definition) is 6. The van der Waals surface area contributed by atoms with Gasteiger partial charge in [0.25, 0.3) is 5.91 Å². The molecule has 1 amide bonds. The number of thiazole rings is 1. The van der Waals surface area contributed by atoms with Gasteiger partial charge in [0.1, 0.15) is 12.4 Å². The Hall–Kier alpha value is -1.96. The van der Waals surface area contributed by atoms with Gasteiger partial charge in [-0.2, -0.15) is 0 Å². The van der Waals surface area contributed by atoms with Gasteiger partial charge in [0.05, 0.1) is 11.8 Å². The van der Waals surface area contributed by atoms with Crippen molar-refractivity contribution in [2.45, 2.75) is 31.9 Å². The second-order valence-corrected chi connectivity index (χ2v) is 7.88. The first-order valence-corrected chi connectivity index (χ1v) is 9.82. The molecular formula is C19H23N3O3S. The molecule has 138 valence electrons. The van der Waals surface area contributed by atoms with Crippen LogP contribution in [0.4, 0.5) is 5.13 Å². The number of amides is 1. The van der Waals surface area contributed by atoms with Gasteiger partial charge in [-0.25, -0.2) is 4.98 Å². The normalized spacial score (nSPS) is 20.0. The smallest absolute Gasteiger partial charge is 0.257 e. The van der Waals surface area contributed by atoms with Crippen LogP contribution in [-0.2, 0) is 17.7 Å². The summed E-state index contributed by atoms with van der Waals surface area (Å²) in [6.07, 6.45) is 3.28. The van der Waals surface area contributed by atoms with Gasteiger partial charge in [0.15, 0.2) is 5.13 Å². The van der Waals surface area contributed by atoms with E-state index in [0.29, 0.717) is 17.3 Å². The Morgan fingerprint density at radius 3 is 3.04 bits per heavy atom. The molecule has 0 aliphatic carbocycles. The molecule has 6 nitrogen and oxygen atoms in total. The van der Waals surface area contributed by atoms with Crippen molar-refractivity contribution in [2.75, 3.05) is 32.1 Å². The summed E-state index contributed by atoms with van der Waals surface area (Å²) in [6.45, 7) is 3.30. The number of hydrogen-bond donors (Lipinski definition) is 1. The Labute approximate surface area is 157 Å². The lowest BCUT2D eigenvalue weighted by Crippen LogP contribution is -2.25. The first-order valence-electron chi connectivity index (χ1n) is 9.00. The molecule has 1 fully saturated rings. The van der Waals surface area contributed by atoms with Crippen LogP contribution in [0.2, 0.25) is 0 Å². The van der Waals surface area contributed by atoms with E-state index in [0.717, 1.165) is 50.4 Å². The molecular weight excluding hydrogens is 350 g/mol. The van der Waals surface area contributed by atoms with Crippen LogP contribution in [0.5, 0.6) is 5.75 Å². The van der Waals surface area contributed by atoms with E-state index in [1.165, 1.54) is 4.88 Å². The third-order valence-corrected chi connectivity index (χ3v) is 5.72. The van der Waals surface area contributed by atoms with Crippen LogP contribution in [-0.4, -0.2) is 48.7 Å². The van der Waals surface area contributed by atoms with E-state index in [1.807, 2.05) is 12.1 Å². The topological polar surface area (TPSA) is 63.7 Å². The van der Waals surface area contributed by atoms with Crippen molar-refractivity contribution in [3.63, 3.8) is 0 Å². The number of nitrogens with zero attached hydrogens (tertiary/aromatic N) is 2. The zero-order valence-electron chi connectivity index (χ0n) is 14.9. The fraction of sp³-hybridized carbons (Fsp3) is 0.474. The Bertz CT molecular complexity index is 769. The number of aromatic nitrogens is 1. The van der Waals surface area contributed by atoms with E-state index >= 15 is 0 Å². The number of ether oxygens (including phenoxy) is 2. The van der Waals surface area contributed by atoms with Crippen molar-refractivity contribution in [2.24, 2.45) is 0 Å². The molecule has 2 aliphatic heterocycles. The highest BCUT2D eigenvalue weighted by molar-refractivity contribution is 7.15. The third-order valence-electron chi connectivity index (χ3n) is 4.72. The first-order chi connectivity index (χ1) is 12.7. The molecule has 1 aromatic carbocycles. The van der Waals surface area contributed by atoms with E-state index in [9.17, 15) is 4.79 Å². The standard InChI is InChI=1S/C19H23N3O3S/c1-22-9-8-16-17(11-22)26-19(20-16)21-18(23)13-4-6-14(7-5-13)25-12-15-3-2-10-24-15/h4-7,15H,2-3,8-12H2,1H3,(H,20,21,23). The van der Waals surface area contributed by atoms with Gasteiger partial charge in [-0.05, 0) is 44.2 Å². The maximum absolute atomic E-state index is 12.5. The van der Waals surface area contributed by atoms with Crippen molar-refractivity contribution in [3.8, 4) is 5.75 Å². The predicted molar refractivity (Wildman–Crippen MR) is 101 cm³/mol. The SMILES string of the molecule is CN1CCc2nc(NC(=O)c3ccc(OCC4CCCO4)cc3)sc2C1. The Morgan fingerprint density at radius 1 is 1.42 bits per heavy atom. The molecule has 2 aromatic rings. The number of rotatable bonds is 5. The van der Waals surface area contributed by atoms with Gasteiger partial charge in [-0.1, -0.05) is 0 Å². The molecule has 26 heavy (non-hydrogen) atoms. The molecule has 0 saturated carbocycles. The average Bonchev–Trinajstić information content (AvgIpc) is 3.29. The minimum Gasteiger partial charge on any atom is -0.491 e. The summed E-state index contributed by atoms with van der Waals surface area (Å²) < 4.78 is 11.3. The lowest BCUT2D eigenvalue weighted by Gasteiger charge is -2.20. The van der Waals surface area contributed by atoms with E-state index < -0.39 is 0 Å². The molecule has 1 N–H and O–H groups in total. The van der Waals surface area contributed by atoms with E-state index in [-0.39, 0.29) is 12.0 Å². The first kappa shape index (κ1) is 17.5. The third kappa shape index (κ3) is 4.06. The number of anilines is 1. The van der Waals surface area contributed by atoms with Crippen molar-refractivity contribution in [1.29, 1.82) is 0 Å². The molecule has 0 bridgehead atoms. The largest absolute Gasteiger partial charge is 0.491 e. The van der Waals surface area contributed by atoms with Crippen LogP contribution in [0.1, 0.15) is 33.8 Å². The second-order valence-electron chi connectivity index (χ2n) is 6.80. The molecule has 4 rings (SSSR count). The van der Waals surface area contributed by atoms with E-state index in [2.05, 4.69) is 22.2 Å². The highest BCUT2D eigenvalue weighted by Gasteiger charge is 2.19. The second kappa shape index (κ2) is 7.73. The zero-order chi connectivity index (χ0) is 17.9. The monoisotopic (exact) mass is 373 g/mol. The summed E-state index contributed by atoms with van der Waals surface area (Å²) in [5.41, 5.74) is 1.71. The zero-order valence-corrected chi connectivity index (χ0v) is 15.7. The van der Waals surface area contributed by atoms with E-state index in [1.54, 1.807) is 23.5 Å². The van der Waals surface area contributed by atoms with Crippen LogP contribution in [0.15, 0.2) is 24.3 Å². The Kier molecular flexibility index (Phi) is 5.19. The maximum atomic E-state index is 12.5. The van der Waals surface area contributed by atoms with Crippen molar-refractivity contribution >= 4 is 22.4 Å². The molecule has 3 heterocycles. The van der Waals surface area contributed by atoms with Crippen LogP contribution in [0, 0.1) is 0 Å². The van der Waals surface area contributed by atoms with Crippen LogP contribution < -0.4 is 10.1 Å². The number of fused-ring (bicyclic) bond motifs is 1. The summed E-state index contributed by atoms with van der Waals surface area (Å²) in [4.78, 5) is 20.5. The molecule has 1 aromatic heterocycles. The highest BCUT2D eigenvalue weighted by atomic mass is 32.1. The van der Waals surface area contributed by atoms with Crippen LogP contribution in [0.3, 0.4) is 0 Å². The number of carbonyl (C=O) groups is 1. The molecule has 0 spiro atoms. The van der Waals surface area contributed by atoms with Gasteiger partial charge >= 0.3 is 0 Å². The van der Waals surface area contributed by atoms with Crippen molar-refractivity contribution in [1.82, 2.24) is 9.88 Å². The summed E-state index contributed by atoms with van der Waals surface area (Å²) in [5.74, 6) is 0.611. The lowest BCUT2D eigenvalue weighted by molar-refractivity contribution is 0.0679. The van der Waals surface area contributed by atoms with Gasteiger partial charge in [-0.3, -0.25) is 10.1 Å². The van der Waals surface area contributed by atoms with Crippen molar-refractivity contribution < 1.29 is 14.3 Å². The molecule has 1 unspecified atom stereocenters. The molecule has 2 aliphatic rings. The van der Waals surface area contributed by atoms with Crippen LogP contribution in [0.25, 0.3) is 0 Å². The minimum atomic E-state index is -0.143. The van der Waals surface area contributed by atoms with Gasteiger partial charge in [0, 0.05) is 36.6 Å². The molecule has 1 atom stereocenters. The minimum absolute atomic E-state index is 0.143. The fourth-order valence-corrected chi connectivity index (χ4v) is 4.30. The predicted octanol–water partition coefficient (Wildman–Crippen LogP) is 2.94. The van der Waals surface area contributed by atoms with Gasteiger partial charge < -0.3 is 14.4 Å². The number of carbonyl (C=O) groups excluding carboxylic acids is 1. The van der Waals surface area contributed by atoms with Gasteiger partial charge in [0.2, 0.25) is 0 Å². The lowest BCUT2D eigenvalue weighted by atomic mass is 10.2. The average molecular weight is 373 g/mol. The van der Waals surface area contributed by atoms with Crippen molar-refractivity contribution in [3.05, 3.63) is 40.4 Å². The van der Waals surface area contributed by atoms with Gasteiger partial charge in [-0.15, -0.1) is 11.3 Å². The highest BCUT2D eigenvalue weighted by Crippen LogP contribution is 2.28. The number of likely N-dealkylation sites (N-methyl/N-ethyl adjacent to an activating group) is 1. The quantitative estimate of drug-likeness (QED) is 0.873. The van der Waals surface area contributed by atoms with E-state index in [4.69, 9.17) is 9.47 Å². The Balaban J connectivity index is 1.34. The summed E-state index contributed by atoms with van der Waals surface area (Å²) >= 11 is 1.56. The molecule has 0 radical (unpaired) electrons. The summed E-state index contributed by atoms with van der Waals surface area (Å²) in [6, 6.07) is 7.21. The maximum Gasteiger partial charge on any atom is 0.257 e. The fourth-order valence-electron chi connectivity index (χ4n) is 3.21. The van der Waals surface area contributed by atoms with Crippen LogP contribution >= 0.6 is 11.3 Å². The summed E-state index contributed by atoms with van der Waals surface area (Å²) in [7, 11) is 2.10. The Morgan fingerprint density at radius 2 is 2.27 bits per heavy atom. The summed E-state index contributed by atoms with van der Waals surface area (Å²) in [5, 5.41) is 3.59. The molecule has 1 saturated heterocycles.